The summed E-state index contributed by atoms with van der Waals surface area (Å²) in [7, 11) is 0. The van der Waals surface area contributed by atoms with Gasteiger partial charge in [-0.3, -0.25) is 0 Å². The molecule has 14 heavy (non-hydrogen) atoms. The second kappa shape index (κ2) is 3.39. The van der Waals surface area contributed by atoms with Gasteiger partial charge in [0.05, 0.1) is 12.7 Å². The number of hydrogen-bond acceptors (Lipinski definition) is 2. The van der Waals surface area contributed by atoms with Crippen molar-refractivity contribution in [3.8, 4) is 6.07 Å². The Kier molecular flexibility index (Phi) is 2.22. The quantitative estimate of drug-likeness (QED) is 0.680. The summed E-state index contributed by atoms with van der Waals surface area (Å²) in [5.74, 6) is -0.320. The SMILES string of the molecule is N#C[C@@]1(c2ccccc2F)CCOC1. The molecule has 2 nitrogen and oxygen atoms in total. The van der Waals surface area contributed by atoms with Crippen molar-refractivity contribution in [1.82, 2.24) is 0 Å². The molecule has 1 saturated heterocycles. The first-order chi connectivity index (χ1) is 6.78. The first kappa shape index (κ1) is 9.17. The van der Waals surface area contributed by atoms with Gasteiger partial charge in [-0.15, -0.1) is 0 Å². The molecule has 1 heterocycles. The first-order valence-corrected chi connectivity index (χ1v) is 4.52. The molecule has 1 aliphatic rings. The highest BCUT2D eigenvalue weighted by molar-refractivity contribution is 5.34. The third-order valence-corrected chi connectivity index (χ3v) is 2.63. The smallest absolute Gasteiger partial charge is 0.128 e. The lowest BCUT2D eigenvalue weighted by Gasteiger charge is -2.19. The summed E-state index contributed by atoms with van der Waals surface area (Å²) >= 11 is 0. The van der Waals surface area contributed by atoms with Crippen LogP contribution in [0.15, 0.2) is 24.3 Å². The highest BCUT2D eigenvalue weighted by atomic mass is 19.1. The Morgan fingerprint density at radius 3 is 2.79 bits per heavy atom. The summed E-state index contributed by atoms with van der Waals surface area (Å²) in [5.41, 5.74) is -0.314. The maximum absolute atomic E-state index is 13.5. The molecule has 0 radical (unpaired) electrons. The summed E-state index contributed by atoms with van der Waals surface area (Å²) in [5, 5.41) is 9.10. The Bertz CT molecular complexity index is 377. The zero-order valence-corrected chi connectivity index (χ0v) is 7.66. The van der Waals surface area contributed by atoms with Gasteiger partial charge in [-0.25, -0.2) is 4.39 Å². The van der Waals surface area contributed by atoms with Crippen LogP contribution in [0.1, 0.15) is 12.0 Å². The second-order valence-corrected chi connectivity index (χ2v) is 3.48. The predicted molar refractivity (Wildman–Crippen MR) is 49.1 cm³/mol. The molecule has 1 aliphatic heterocycles. The second-order valence-electron chi connectivity index (χ2n) is 3.48. The van der Waals surface area contributed by atoms with Crippen LogP contribution in [-0.4, -0.2) is 13.2 Å². The van der Waals surface area contributed by atoms with Crippen molar-refractivity contribution < 1.29 is 9.13 Å². The van der Waals surface area contributed by atoms with Crippen LogP contribution in [0.3, 0.4) is 0 Å². The molecule has 0 bridgehead atoms. The molecule has 1 aromatic carbocycles. The van der Waals surface area contributed by atoms with Gasteiger partial charge in [-0.1, -0.05) is 18.2 Å². The number of nitriles is 1. The molecule has 1 fully saturated rings. The molecule has 1 atom stereocenters. The van der Waals surface area contributed by atoms with Gasteiger partial charge in [0.15, 0.2) is 0 Å². The molecule has 2 rings (SSSR count). The van der Waals surface area contributed by atoms with Gasteiger partial charge < -0.3 is 4.74 Å². The molecule has 0 amide bonds. The van der Waals surface area contributed by atoms with E-state index in [0.717, 1.165) is 0 Å². The number of benzene rings is 1. The van der Waals surface area contributed by atoms with E-state index in [1.165, 1.54) is 6.07 Å². The molecule has 0 aromatic heterocycles. The average molecular weight is 191 g/mol. The van der Waals surface area contributed by atoms with Crippen molar-refractivity contribution in [2.24, 2.45) is 0 Å². The highest BCUT2D eigenvalue weighted by Gasteiger charge is 2.38. The number of hydrogen-bond donors (Lipinski definition) is 0. The third-order valence-electron chi connectivity index (χ3n) is 2.63. The lowest BCUT2D eigenvalue weighted by molar-refractivity contribution is 0.186. The fourth-order valence-electron chi connectivity index (χ4n) is 1.78. The zero-order chi connectivity index (χ0) is 10.0. The summed E-state index contributed by atoms with van der Waals surface area (Å²) in [6.45, 7) is 0.826. The lowest BCUT2D eigenvalue weighted by atomic mass is 9.81. The van der Waals surface area contributed by atoms with Gasteiger partial charge in [0.1, 0.15) is 11.2 Å². The monoisotopic (exact) mass is 191 g/mol. The summed E-state index contributed by atoms with van der Waals surface area (Å²) in [6.07, 6.45) is 0.574. The Labute approximate surface area is 81.9 Å². The van der Waals surface area contributed by atoms with E-state index in [-0.39, 0.29) is 5.82 Å². The van der Waals surface area contributed by atoms with Crippen LogP contribution >= 0.6 is 0 Å². The molecule has 0 saturated carbocycles. The Morgan fingerprint density at radius 1 is 1.43 bits per heavy atom. The standard InChI is InChI=1S/C11H10FNO/c12-10-4-2-1-3-9(10)11(7-13)5-6-14-8-11/h1-4H,5-6,8H2/t11-/m0/s1. The van der Waals surface area contributed by atoms with Crippen LogP contribution in [0.25, 0.3) is 0 Å². The van der Waals surface area contributed by atoms with E-state index in [2.05, 4.69) is 6.07 Å². The molecule has 1 aromatic rings. The molecule has 0 spiro atoms. The van der Waals surface area contributed by atoms with Crippen LogP contribution in [-0.2, 0) is 10.2 Å². The van der Waals surface area contributed by atoms with E-state index in [4.69, 9.17) is 10.00 Å². The third kappa shape index (κ3) is 1.28. The molecule has 0 N–H and O–H groups in total. The van der Waals surface area contributed by atoms with Crippen LogP contribution < -0.4 is 0 Å². The van der Waals surface area contributed by atoms with Crippen molar-refractivity contribution in [3.05, 3.63) is 35.6 Å². The Morgan fingerprint density at radius 2 is 2.21 bits per heavy atom. The fraction of sp³-hybridized carbons (Fsp3) is 0.364. The van der Waals surface area contributed by atoms with Crippen LogP contribution in [0, 0.1) is 17.1 Å². The van der Waals surface area contributed by atoms with E-state index in [1.807, 2.05) is 0 Å². The minimum atomic E-state index is -0.772. The van der Waals surface area contributed by atoms with Crippen LogP contribution in [0.2, 0.25) is 0 Å². The molecular formula is C11H10FNO. The highest BCUT2D eigenvalue weighted by Crippen LogP contribution is 2.33. The summed E-state index contributed by atoms with van der Waals surface area (Å²) in [4.78, 5) is 0. The Balaban J connectivity index is 2.47. The average Bonchev–Trinajstić information content (AvgIpc) is 2.68. The number of halogens is 1. The topological polar surface area (TPSA) is 33.0 Å². The first-order valence-electron chi connectivity index (χ1n) is 4.52. The van der Waals surface area contributed by atoms with E-state index in [1.54, 1.807) is 18.2 Å². The van der Waals surface area contributed by atoms with E-state index in [9.17, 15) is 4.39 Å². The summed E-state index contributed by atoms with van der Waals surface area (Å²) < 4.78 is 18.6. The van der Waals surface area contributed by atoms with Crippen molar-refractivity contribution in [3.63, 3.8) is 0 Å². The lowest BCUT2D eigenvalue weighted by Crippen LogP contribution is -2.25. The van der Waals surface area contributed by atoms with Gasteiger partial charge >= 0.3 is 0 Å². The van der Waals surface area contributed by atoms with Crippen molar-refractivity contribution in [2.45, 2.75) is 11.8 Å². The van der Waals surface area contributed by atoms with Gasteiger partial charge in [0.2, 0.25) is 0 Å². The normalized spacial score (nSPS) is 26.0. The molecule has 0 aliphatic carbocycles. The van der Waals surface area contributed by atoms with Gasteiger partial charge in [0.25, 0.3) is 0 Å². The largest absolute Gasteiger partial charge is 0.379 e. The Hall–Kier alpha value is -1.40. The predicted octanol–water partition coefficient (Wildman–Crippen LogP) is 2.01. The maximum atomic E-state index is 13.5. The van der Waals surface area contributed by atoms with Crippen molar-refractivity contribution in [1.29, 1.82) is 5.26 Å². The van der Waals surface area contributed by atoms with Crippen molar-refractivity contribution >= 4 is 0 Å². The van der Waals surface area contributed by atoms with E-state index >= 15 is 0 Å². The number of ether oxygens (including phenoxy) is 1. The fourth-order valence-corrected chi connectivity index (χ4v) is 1.78. The number of rotatable bonds is 1. The van der Waals surface area contributed by atoms with Crippen LogP contribution in [0.5, 0.6) is 0 Å². The van der Waals surface area contributed by atoms with Gasteiger partial charge in [-0.2, -0.15) is 5.26 Å². The minimum Gasteiger partial charge on any atom is -0.379 e. The minimum absolute atomic E-state index is 0.296. The van der Waals surface area contributed by atoms with Crippen molar-refractivity contribution in [2.75, 3.05) is 13.2 Å². The molecule has 3 heteroatoms. The zero-order valence-electron chi connectivity index (χ0n) is 7.66. The summed E-state index contributed by atoms with van der Waals surface area (Å²) in [6, 6.07) is 8.58. The molecular weight excluding hydrogens is 181 g/mol. The number of nitrogens with zero attached hydrogens (tertiary/aromatic N) is 1. The molecule has 72 valence electrons. The maximum Gasteiger partial charge on any atom is 0.128 e. The molecule has 0 unspecified atom stereocenters. The van der Waals surface area contributed by atoms with Crippen LogP contribution in [0.4, 0.5) is 4.39 Å². The van der Waals surface area contributed by atoms with Gasteiger partial charge in [-0.05, 0) is 12.5 Å². The van der Waals surface area contributed by atoms with Gasteiger partial charge in [0, 0.05) is 12.2 Å². The van der Waals surface area contributed by atoms with E-state index in [0.29, 0.717) is 25.2 Å². The van der Waals surface area contributed by atoms with E-state index < -0.39 is 5.41 Å².